The number of anilines is 3. The highest BCUT2D eigenvalue weighted by Gasteiger charge is 2.15. The van der Waals surface area contributed by atoms with E-state index in [1.807, 2.05) is 25.1 Å². The average molecular weight is 375 g/mol. The summed E-state index contributed by atoms with van der Waals surface area (Å²) in [5, 5.41) is 9.25. The number of rotatable bonds is 6. The molecule has 2 heterocycles. The summed E-state index contributed by atoms with van der Waals surface area (Å²) in [7, 11) is 0. The van der Waals surface area contributed by atoms with Crippen LogP contribution in [0.3, 0.4) is 0 Å². The molecule has 2 aromatic rings. The van der Waals surface area contributed by atoms with Gasteiger partial charge in [-0.25, -0.2) is 14.8 Å². The number of aromatic nitrogens is 2. The molecule has 2 amide bonds. The number of para-hydroxylation sites is 1. The normalized spacial score (nSPS) is 13.5. The van der Waals surface area contributed by atoms with Gasteiger partial charge < -0.3 is 20.9 Å². The van der Waals surface area contributed by atoms with Crippen molar-refractivity contribution in [3.63, 3.8) is 0 Å². The summed E-state index contributed by atoms with van der Waals surface area (Å²) in [6, 6.07) is 8.78. The zero-order chi connectivity index (χ0) is 18.4. The van der Waals surface area contributed by atoms with Crippen LogP contribution in [0.4, 0.5) is 22.1 Å². The molecule has 1 saturated heterocycles. The summed E-state index contributed by atoms with van der Waals surface area (Å²) in [6.45, 7) is 4.99. The second kappa shape index (κ2) is 8.71. The Morgan fingerprint density at radius 3 is 2.73 bits per heavy atom. The van der Waals surface area contributed by atoms with Gasteiger partial charge >= 0.3 is 6.03 Å². The molecule has 1 aromatic carbocycles. The van der Waals surface area contributed by atoms with Gasteiger partial charge in [-0.2, -0.15) is 0 Å². The van der Waals surface area contributed by atoms with Crippen molar-refractivity contribution in [2.24, 2.45) is 0 Å². The predicted molar refractivity (Wildman–Crippen MR) is 105 cm³/mol. The lowest BCUT2D eigenvalue weighted by molar-refractivity contribution is 0.252. The number of benzene rings is 1. The summed E-state index contributed by atoms with van der Waals surface area (Å²) in [6.07, 6.45) is 2.41. The predicted octanol–water partition coefficient (Wildman–Crippen LogP) is 3.27. The van der Waals surface area contributed by atoms with Gasteiger partial charge in [0.25, 0.3) is 0 Å². The lowest BCUT2D eigenvalue weighted by atomic mass is 10.3. The highest BCUT2D eigenvalue weighted by atomic mass is 35.5. The van der Waals surface area contributed by atoms with E-state index in [4.69, 9.17) is 11.6 Å². The van der Waals surface area contributed by atoms with E-state index in [0.29, 0.717) is 23.8 Å². The molecule has 0 radical (unpaired) electrons. The van der Waals surface area contributed by atoms with Crippen LogP contribution in [0.5, 0.6) is 0 Å². The topological polar surface area (TPSA) is 82.2 Å². The van der Waals surface area contributed by atoms with Crippen molar-refractivity contribution in [3.8, 4) is 0 Å². The van der Waals surface area contributed by atoms with Gasteiger partial charge in [-0.15, -0.1) is 0 Å². The summed E-state index contributed by atoms with van der Waals surface area (Å²) >= 11 is 6.02. The Hall–Kier alpha value is -2.54. The summed E-state index contributed by atoms with van der Waals surface area (Å²) in [5.74, 6) is 2.47. The van der Waals surface area contributed by atoms with Crippen molar-refractivity contribution in [2.75, 3.05) is 41.7 Å². The Kier molecular flexibility index (Phi) is 6.12. The van der Waals surface area contributed by atoms with E-state index in [9.17, 15) is 4.79 Å². The number of aryl methyl sites for hydroxylation is 1. The quantitative estimate of drug-likeness (QED) is 0.676. The molecule has 0 saturated carbocycles. The third-order valence-corrected chi connectivity index (χ3v) is 4.42. The van der Waals surface area contributed by atoms with Crippen molar-refractivity contribution in [1.82, 2.24) is 15.3 Å². The van der Waals surface area contributed by atoms with Crippen LogP contribution in [0.25, 0.3) is 0 Å². The third-order valence-electron chi connectivity index (χ3n) is 4.09. The number of hydrogen-bond acceptors (Lipinski definition) is 5. The van der Waals surface area contributed by atoms with Gasteiger partial charge in [-0.05, 0) is 31.9 Å². The zero-order valence-corrected chi connectivity index (χ0v) is 15.5. The van der Waals surface area contributed by atoms with E-state index in [1.165, 1.54) is 12.8 Å². The fraction of sp³-hybridized carbons (Fsp3) is 0.389. The van der Waals surface area contributed by atoms with Gasteiger partial charge in [0, 0.05) is 32.2 Å². The summed E-state index contributed by atoms with van der Waals surface area (Å²) in [4.78, 5) is 23.1. The van der Waals surface area contributed by atoms with Gasteiger partial charge in [0.15, 0.2) is 0 Å². The van der Waals surface area contributed by atoms with Crippen molar-refractivity contribution >= 4 is 35.0 Å². The monoisotopic (exact) mass is 374 g/mol. The molecule has 0 bridgehead atoms. The minimum atomic E-state index is -0.295. The number of carbonyl (C=O) groups excluding carboxylic acids is 1. The summed E-state index contributed by atoms with van der Waals surface area (Å²) in [5.41, 5.74) is 0.585. The Morgan fingerprint density at radius 1 is 1.19 bits per heavy atom. The van der Waals surface area contributed by atoms with Crippen LogP contribution in [0.2, 0.25) is 5.02 Å². The molecule has 1 fully saturated rings. The Labute approximate surface area is 158 Å². The minimum absolute atomic E-state index is 0.295. The molecular weight excluding hydrogens is 352 g/mol. The minimum Gasteiger partial charge on any atom is -0.368 e. The lowest BCUT2D eigenvalue weighted by Gasteiger charge is -2.18. The van der Waals surface area contributed by atoms with Crippen LogP contribution >= 0.6 is 11.6 Å². The maximum absolute atomic E-state index is 11.9. The first-order valence-corrected chi connectivity index (χ1v) is 9.13. The van der Waals surface area contributed by atoms with Gasteiger partial charge in [-0.1, -0.05) is 23.7 Å². The largest absolute Gasteiger partial charge is 0.368 e. The fourth-order valence-electron chi connectivity index (χ4n) is 2.85. The third kappa shape index (κ3) is 4.98. The van der Waals surface area contributed by atoms with Gasteiger partial charge in [-0.3, -0.25) is 0 Å². The van der Waals surface area contributed by atoms with Crippen LogP contribution in [0, 0.1) is 6.92 Å². The fourth-order valence-corrected chi connectivity index (χ4v) is 3.03. The van der Waals surface area contributed by atoms with E-state index < -0.39 is 0 Å². The van der Waals surface area contributed by atoms with Crippen molar-refractivity contribution < 1.29 is 4.79 Å². The first-order valence-electron chi connectivity index (χ1n) is 8.76. The molecule has 26 heavy (non-hydrogen) atoms. The number of halogens is 1. The highest BCUT2D eigenvalue weighted by Crippen LogP contribution is 2.21. The number of nitrogens with zero attached hydrogens (tertiary/aromatic N) is 3. The molecule has 3 N–H and O–H groups in total. The maximum Gasteiger partial charge on any atom is 0.319 e. The van der Waals surface area contributed by atoms with Gasteiger partial charge in [0.05, 0.1) is 10.7 Å². The van der Waals surface area contributed by atoms with E-state index in [0.717, 1.165) is 30.5 Å². The highest BCUT2D eigenvalue weighted by molar-refractivity contribution is 6.33. The maximum atomic E-state index is 11.9. The molecule has 1 aromatic heterocycles. The zero-order valence-electron chi connectivity index (χ0n) is 14.8. The summed E-state index contributed by atoms with van der Waals surface area (Å²) < 4.78 is 0. The Morgan fingerprint density at radius 2 is 1.96 bits per heavy atom. The van der Waals surface area contributed by atoms with Gasteiger partial charge in [0.1, 0.15) is 17.5 Å². The average Bonchev–Trinajstić information content (AvgIpc) is 3.15. The molecule has 0 spiro atoms. The first-order chi connectivity index (χ1) is 12.6. The van der Waals surface area contributed by atoms with E-state index in [-0.39, 0.29) is 6.03 Å². The molecule has 8 heteroatoms. The molecule has 3 rings (SSSR count). The van der Waals surface area contributed by atoms with Crippen molar-refractivity contribution in [1.29, 1.82) is 0 Å². The number of carbonyl (C=O) groups is 1. The van der Waals surface area contributed by atoms with Crippen molar-refractivity contribution in [3.05, 3.63) is 41.2 Å². The van der Waals surface area contributed by atoms with Gasteiger partial charge in [0.2, 0.25) is 0 Å². The Bertz CT molecular complexity index is 763. The van der Waals surface area contributed by atoms with Crippen LogP contribution < -0.4 is 20.9 Å². The van der Waals surface area contributed by atoms with E-state index in [1.54, 1.807) is 12.1 Å². The SMILES string of the molecule is Cc1nc(NCCNC(=O)Nc2ccccc2Cl)cc(N2CCCC2)n1. The molecular formula is C18H23ClN6O. The molecule has 0 unspecified atom stereocenters. The molecule has 138 valence electrons. The number of amides is 2. The van der Waals surface area contributed by atoms with Crippen LogP contribution in [0.15, 0.2) is 30.3 Å². The standard InChI is InChI=1S/C18H23ClN6O/c1-13-22-16(12-17(23-13)25-10-4-5-11-25)20-8-9-21-18(26)24-15-7-3-2-6-14(15)19/h2-3,6-7,12H,4-5,8-11H2,1H3,(H,20,22,23)(H2,21,24,26). The van der Waals surface area contributed by atoms with Crippen molar-refractivity contribution in [2.45, 2.75) is 19.8 Å². The molecule has 7 nitrogen and oxygen atoms in total. The molecule has 0 aliphatic carbocycles. The van der Waals surface area contributed by atoms with E-state index in [2.05, 4.69) is 30.8 Å². The second-order valence-corrected chi connectivity index (χ2v) is 6.55. The van der Waals surface area contributed by atoms with Crippen LogP contribution in [-0.2, 0) is 0 Å². The lowest BCUT2D eigenvalue weighted by Crippen LogP contribution is -2.32. The van der Waals surface area contributed by atoms with Crippen LogP contribution in [-0.4, -0.2) is 42.2 Å². The Balaban J connectivity index is 1.46. The first kappa shape index (κ1) is 18.3. The molecule has 1 aliphatic rings. The number of nitrogens with one attached hydrogen (secondary N) is 3. The molecule has 0 atom stereocenters. The smallest absolute Gasteiger partial charge is 0.319 e. The number of hydrogen-bond donors (Lipinski definition) is 3. The molecule has 1 aliphatic heterocycles. The van der Waals surface area contributed by atoms with E-state index >= 15 is 0 Å². The second-order valence-electron chi connectivity index (χ2n) is 6.14. The number of urea groups is 1. The van der Waals surface area contributed by atoms with Crippen LogP contribution in [0.1, 0.15) is 18.7 Å².